The maximum Gasteiger partial charge on any atom is 0.488 e. The minimum absolute atomic E-state index is 0.392. The number of benzene rings is 1. The number of hydrogen-bond acceptors (Lipinski definition) is 2. The van der Waals surface area contributed by atoms with Crippen molar-refractivity contribution in [2.75, 3.05) is 0 Å². The van der Waals surface area contributed by atoms with Crippen LogP contribution in [0.3, 0.4) is 0 Å². The lowest BCUT2D eigenvalue weighted by Crippen LogP contribution is -2.33. The third-order valence-corrected chi connectivity index (χ3v) is 2.80. The molecule has 1 rings (SSSR count). The molecule has 1 aromatic carbocycles. The lowest BCUT2D eigenvalue weighted by molar-refractivity contribution is 0.425. The molecular weight excluding hydrogens is 187 g/mol. The van der Waals surface area contributed by atoms with Crippen LogP contribution in [0.5, 0.6) is 0 Å². The summed E-state index contributed by atoms with van der Waals surface area (Å²) in [6, 6.07) is 7.55. The van der Waals surface area contributed by atoms with Gasteiger partial charge in [-0.3, -0.25) is 0 Å². The van der Waals surface area contributed by atoms with Gasteiger partial charge in [-0.05, 0) is 23.4 Å². The van der Waals surface area contributed by atoms with Gasteiger partial charge in [-0.1, -0.05) is 51.0 Å². The Morgan fingerprint density at radius 1 is 1.27 bits per heavy atom. The van der Waals surface area contributed by atoms with Crippen molar-refractivity contribution in [3.63, 3.8) is 0 Å². The van der Waals surface area contributed by atoms with E-state index in [-0.39, 0.29) is 0 Å². The van der Waals surface area contributed by atoms with Crippen molar-refractivity contribution < 1.29 is 10.0 Å². The highest BCUT2D eigenvalue weighted by Crippen LogP contribution is 2.19. The first-order valence-electron chi connectivity index (χ1n) is 5.61. The Morgan fingerprint density at radius 2 is 1.93 bits per heavy atom. The van der Waals surface area contributed by atoms with Crippen molar-refractivity contribution in [1.29, 1.82) is 0 Å². The van der Waals surface area contributed by atoms with Gasteiger partial charge in [0, 0.05) is 0 Å². The van der Waals surface area contributed by atoms with Crippen LogP contribution in [-0.2, 0) is 0 Å². The molecule has 0 amide bonds. The van der Waals surface area contributed by atoms with Crippen LogP contribution in [-0.4, -0.2) is 17.2 Å². The highest BCUT2D eigenvalue weighted by atomic mass is 16.4. The Labute approximate surface area is 92.1 Å². The van der Waals surface area contributed by atoms with Crippen molar-refractivity contribution >= 4 is 12.6 Å². The van der Waals surface area contributed by atoms with Gasteiger partial charge in [-0.25, -0.2) is 0 Å². The Bertz CT molecular complexity index is 299. The van der Waals surface area contributed by atoms with E-state index in [0.29, 0.717) is 11.4 Å². The third kappa shape index (κ3) is 3.36. The van der Waals surface area contributed by atoms with E-state index >= 15 is 0 Å². The highest BCUT2D eigenvalue weighted by molar-refractivity contribution is 6.59. The molecule has 0 aliphatic rings. The second-order valence-corrected chi connectivity index (χ2v) is 4.05. The standard InChI is InChI=1S/C12H19BO2/c1-3-4-7-10(2)11-8-5-6-9-12(11)13(14)15/h5-6,8-10,14-15H,3-4,7H2,1-2H3. The first-order chi connectivity index (χ1) is 7.16. The van der Waals surface area contributed by atoms with Crippen molar-refractivity contribution in [3.8, 4) is 0 Å². The van der Waals surface area contributed by atoms with Crippen molar-refractivity contribution in [1.82, 2.24) is 0 Å². The summed E-state index contributed by atoms with van der Waals surface area (Å²) >= 11 is 0. The number of hydrogen-bond donors (Lipinski definition) is 2. The van der Waals surface area contributed by atoms with Gasteiger partial charge in [0.2, 0.25) is 0 Å². The molecule has 0 fully saturated rings. The second kappa shape index (κ2) is 5.94. The molecule has 82 valence electrons. The number of unbranched alkanes of at least 4 members (excludes halogenated alkanes) is 1. The molecule has 2 nitrogen and oxygen atoms in total. The van der Waals surface area contributed by atoms with E-state index in [4.69, 9.17) is 0 Å². The second-order valence-electron chi connectivity index (χ2n) is 4.05. The summed E-state index contributed by atoms with van der Waals surface area (Å²) < 4.78 is 0. The zero-order valence-electron chi connectivity index (χ0n) is 9.48. The van der Waals surface area contributed by atoms with Crippen LogP contribution >= 0.6 is 0 Å². The van der Waals surface area contributed by atoms with Gasteiger partial charge in [0.25, 0.3) is 0 Å². The van der Waals surface area contributed by atoms with Gasteiger partial charge < -0.3 is 10.0 Å². The molecule has 15 heavy (non-hydrogen) atoms. The van der Waals surface area contributed by atoms with Gasteiger partial charge in [-0.2, -0.15) is 0 Å². The molecule has 3 heteroatoms. The summed E-state index contributed by atoms with van der Waals surface area (Å²) in [6.07, 6.45) is 3.45. The molecule has 0 aliphatic heterocycles. The average Bonchev–Trinajstić information content (AvgIpc) is 2.25. The summed E-state index contributed by atoms with van der Waals surface area (Å²) in [4.78, 5) is 0. The van der Waals surface area contributed by atoms with Crippen molar-refractivity contribution in [3.05, 3.63) is 29.8 Å². The smallest absolute Gasteiger partial charge is 0.423 e. The average molecular weight is 206 g/mol. The monoisotopic (exact) mass is 206 g/mol. The van der Waals surface area contributed by atoms with Crippen LogP contribution in [0.15, 0.2) is 24.3 Å². The maximum absolute atomic E-state index is 9.23. The summed E-state index contributed by atoms with van der Waals surface area (Å²) in [6.45, 7) is 4.30. The van der Waals surface area contributed by atoms with Crippen LogP contribution in [0.2, 0.25) is 0 Å². The van der Waals surface area contributed by atoms with Gasteiger partial charge in [-0.15, -0.1) is 0 Å². The van der Waals surface area contributed by atoms with Crippen molar-refractivity contribution in [2.24, 2.45) is 0 Å². The molecule has 1 unspecified atom stereocenters. The first-order valence-corrected chi connectivity index (χ1v) is 5.61. The molecular formula is C12H19BO2. The molecule has 0 aromatic heterocycles. The summed E-state index contributed by atoms with van der Waals surface area (Å²) in [5.74, 6) is 0.392. The molecule has 0 bridgehead atoms. The Hall–Kier alpha value is -0.795. The lowest BCUT2D eigenvalue weighted by atomic mass is 9.73. The predicted molar refractivity (Wildman–Crippen MR) is 64.2 cm³/mol. The summed E-state index contributed by atoms with van der Waals surface area (Å²) in [7, 11) is -1.36. The van der Waals surface area contributed by atoms with E-state index in [1.165, 1.54) is 12.8 Å². The first kappa shape index (κ1) is 12.3. The largest absolute Gasteiger partial charge is 0.488 e. The summed E-state index contributed by atoms with van der Waals surface area (Å²) in [5, 5.41) is 18.5. The fourth-order valence-corrected chi connectivity index (χ4v) is 1.86. The molecule has 0 radical (unpaired) electrons. The Balaban J connectivity index is 2.82. The van der Waals surface area contributed by atoms with E-state index < -0.39 is 7.12 Å². The topological polar surface area (TPSA) is 40.5 Å². The van der Waals surface area contributed by atoms with Crippen LogP contribution in [0.4, 0.5) is 0 Å². The SMILES string of the molecule is CCCCC(C)c1ccccc1B(O)O. The predicted octanol–water partition coefficient (Wildman–Crippen LogP) is 1.66. The normalized spacial score (nSPS) is 12.5. The van der Waals surface area contributed by atoms with Crippen LogP contribution in [0, 0.1) is 0 Å². The molecule has 0 heterocycles. The summed E-state index contributed by atoms with van der Waals surface area (Å²) in [5.41, 5.74) is 1.70. The van der Waals surface area contributed by atoms with Crippen LogP contribution < -0.4 is 5.46 Å². The van der Waals surface area contributed by atoms with Crippen LogP contribution in [0.1, 0.15) is 44.6 Å². The molecule has 0 aliphatic carbocycles. The quantitative estimate of drug-likeness (QED) is 0.719. The van der Waals surface area contributed by atoms with Gasteiger partial charge >= 0.3 is 7.12 Å². The molecule has 0 spiro atoms. The van der Waals surface area contributed by atoms with Gasteiger partial charge in [0.1, 0.15) is 0 Å². The molecule has 2 N–H and O–H groups in total. The van der Waals surface area contributed by atoms with E-state index in [1.807, 2.05) is 18.2 Å². The zero-order chi connectivity index (χ0) is 11.3. The number of rotatable bonds is 5. The zero-order valence-corrected chi connectivity index (χ0v) is 9.48. The molecule has 1 atom stereocenters. The molecule has 0 saturated carbocycles. The Morgan fingerprint density at radius 3 is 2.53 bits per heavy atom. The third-order valence-electron chi connectivity index (χ3n) is 2.80. The fourth-order valence-electron chi connectivity index (χ4n) is 1.86. The lowest BCUT2D eigenvalue weighted by Gasteiger charge is -2.15. The molecule has 0 saturated heterocycles. The maximum atomic E-state index is 9.23. The highest BCUT2D eigenvalue weighted by Gasteiger charge is 2.18. The Kier molecular flexibility index (Phi) is 4.86. The van der Waals surface area contributed by atoms with E-state index in [2.05, 4.69) is 13.8 Å². The van der Waals surface area contributed by atoms with E-state index in [0.717, 1.165) is 12.0 Å². The van der Waals surface area contributed by atoms with E-state index in [9.17, 15) is 10.0 Å². The molecule has 1 aromatic rings. The van der Waals surface area contributed by atoms with E-state index in [1.54, 1.807) is 6.07 Å². The van der Waals surface area contributed by atoms with Crippen LogP contribution in [0.25, 0.3) is 0 Å². The fraction of sp³-hybridized carbons (Fsp3) is 0.500. The van der Waals surface area contributed by atoms with Crippen molar-refractivity contribution in [2.45, 2.75) is 39.0 Å². The van der Waals surface area contributed by atoms with Gasteiger partial charge in [0.05, 0.1) is 0 Å². The van der Waals surface area contributed by atoms with Gasteiger partial charge in [0.15, 0.2) is 0 Å². The minimum Gasteiger partial charge on any atom is -0.423 e. The minimum atomic E-state index is -1.36.